The van der Waals surface area contributed by atoms with E-state index in [1.807, 2.05) is 24.3 Å². The van der Waals surface area contributed by atoms with Gasteiger partial charge in [0.1, 0.15) is 12.0 Å². The molecule has 0 atom stereocenters. The molecule has 0 aliphatic heterocycles. The number of rotatable bonds is 4. The van der Waals surface area contributed by atoms with Gasteiger partial charge in [0.05, 0.1) is 7.11 Å². The number of ether oxygens (including phenoxy) is 1. The van der Waals surface area contributed by atoms with Crippen molar-refractivity contribution < 1.29 is 4.74 Å². The highest BCUT2D eigenvalue weighted by Gasteiger charge is 2.07. The van der Waals surface area contributed by atoms with Gasteiger partial charge in [-0.3, -0.25) is 0 Å². The van der Waals surface area contributed by atoms with Gasteiger partial charge in [0.2, 0.25) is 5.88 Å². The Labute approximate surface area is 110 Å². The van der Waals surface area contributed by atoms with Gasteiger partial charge >= 0.3 is 0 Å². The zero-order chi connectivity index (χ0) is 13.0. The van der Waals surface area contributed by atoms with Crippen molar-refractivity contribution >= 4 is 23.1 Å². The smallest absolute Gasteiger partial charge is 0.242 e. The van der Waals surface area contributed by atoms with Crippen LogP contribution in [-0.2, 0) is 6.54 Å². The predicted molar refractivity (Wildman–Crippen MR) is 71.8 cm³/mol. The van der Waals surface area contributed by atoms with Crippen molar-refractivity contribution in [3.63, 3.8) is 0 Å². The summed E-state index contributed by atoms with van der Waals surface area (Å²) in [5.41, 5.74) is 7.28. The number of anilines is 2. The normalized spacial score (nSPS) is 10.1. The Morgan fingerprint density at radius 3 is 2.94 bits per heavy atom. The highest BCUT2D eigenvalue weighted by molar-refractivity contribution is 6.30. The quantitative estimate of drug-likeness (QED) is 0.887. The molecule has 18 heavy (non-hydrogen) atoms. The molecule has 0 unspecified atom stereocenters. The van der Waals surface area contributed by atoms with Crippen LogP contribution < -0.4 is 15.8 Å². The monoisotopic (exact) mass is 264 g/mol. The number of hydrogen-bond donors (Lipinski definition) is 2. The number of methoxy groups -OCH3 is 1. The van der Waals surface area contributed by atoms with Crippen LogP contribution in [0.3, 0.4) is 0 Å². The van der Waals surface area contributed by atoms with E-state index < -0.39 is 0 Å². The van der Waals surface area contributed by atoms with Crippen LogP contribution in [0.4, 0.5) is 11.5 Å². The summed E-state index contributed by atoms with van der Waals surface area (Å²) in [6, 6.07) is 7.56. The van der Waals surface area contributed by atoms with E-state index in [1.165, 1.54) is 13.4 Å². The molecular weight excluding hydrogens is 252 g/mol. The van der Waals surface area contributed by atoms with E-state index in [0.717, 1.165) is 5.56 Å². The summed E-state index contributed by atoms with van der Waals surface area (Å²) in [5.74, 6) is 0.903. The van der Waals surface area contributed by atoms with Crippen LogP contribution in [0.25, 0.3) is 0 Å². The highest BCUT2D eigenvalue weighted by atomic mass is 35.5. The summed E-state index contributed by atoms with van der Waals surface area (Å²) in [6.45, 7) is 0.574. The minimum atomic E-state index is 0.360. The van der Waals surface area contributed by atoms with E-state index in [9.17, 15) is 0 Å². The summed E-state index contributed by atoms with van der Waals surface area (Å²) >= 11 is 5.91. The molecule has 0 aliphatic rings. The van der Waals surface area contributed by atoms with Crippen molar-refractivity contribution in [2.75, 3.05) is 18.2 Å². The molecule has 0 saturated heterocycles. The van der Waals surface area contributed by atoms with Crippen molar-refractivity contribution in [2.24, 2.45) is 0 Å². The molecule has 0 radical (unpaired) electrons. The first-order valence-corrected chi connectivity index (χ1v) is 5.71. The largest absolute Gasteiger partial charge is 0.479 e. The van der Waals surface area contributed by atoms with Crippen molar-refractivity contribution in [1.82, 2.24) is 9.97 Å². The minimum Gasteiger partial charge on any atom is -0.479 e. The van der Waals surface area contributed by atoms with Gasteiger partial charge < -0.3 is 15.8 Å². The van der Waals surface area contributed by atoms with Gasteiger partial charge in [0, 0.05) is 11.6 Å². The van der Waals surface area contributed by atoms with Crippen LogP contribution in [0.15, 0.2) is 30.6 Å². The molecule has 1 aromatic heterocycles. The van der Waals surface area contributed by atoms with Gasteiger partial charge in [0.15, 0.2) is 5.82 Å². The van der Waals surface area contributed by atoms with Crippen molar-refractivity contribution in [3.05, 3.63) is 41.2 Å². The van der Waals surface area contributed by atoms with Crippen molar-refractivity contribution in [1.29, 1.82) is 0 Å². The summed E-state index contributed by atoms with van der Waals surface area (Å²) in [6.07, 6.45) is 1.40. The molecule has 0 bridgehead atoms. The first-order valence-electron chi connectivity index (χ1n) is 5.33. The van der Waals surface area contributed by atoms with Crippen molar-refractivity contribution in [2.45, 2.75) is 6.54 Å². The van der Waals surface area contributed by atoms with E-state index >= 15 is 0 Å². The third-order valence-corrected chi connectivity index (χ3v) is 2.62. The number of halogens is 1. The zero-order valence-corrected chi connectivity index (χ0v) is 10.6. The first-order chi connectivity index (χ1) is 8.70. The number of aromatic nitrogens is 2. The molecule has 0 fully saturated rings. The minimum absolute atomic E-state index is 0.360. The topological polar surface area (TPSA) is 73.1 Å². The maximum atomic E-state index is 5.91. The van der Waals surface area contributed by atoms with E-state index in [4.69, 9.17) is 22.1 Å². The predicted octanol–water partition coefficient (Wildman–Crippen LogP) is 2.33. The van der Waals surface area contributed by atoms with Gasteiger partial charge in [-0.15, -0.1) is 0 Å². The van der Waals surface area contributed by atoms with E-state index in [0.29, 0.717) is 29.0 Å². The Balaban J connectivity index is 2.11. The fraction of sp³-hybridized carbons (Fsp3) is 0.167. The first kappa shape index (κ1) is 12.4. The zero-order valence-electron chi connectivity index (χ0n) is 9.85. The number of hydrogen-bond acceptors (Lipinski definition) is 5. The molecule has 5 nitrogen and oxygen atoms in total. The second-order valence-electron chi connectivity index (χ2n) is 3.63. The second kappa shape index (κ2) is 5.55. The number of nitrogens with two attached hydrogens (primary N) is 1. The Hall–Kier alpha value is -2.01. The lowest BCUT2D eigenvalue weighted by molar-refractivity contribution is 0.399. The lowest BCUT2D eigenvalue weighted by Gasteiger charge is -2.10. The number of nitrogens with zero attached hydrogens (tertiary/aromatic N) is 2. The fourth-order valence-electron chi connectivity index (χ4n) is 1.52. The Kier molecular flexibility index (Phi) is 3.84. The number of benzene rings is 1. The van der Waals surface area contributed by atoms with Gasteiger partial charge in [-0.05, 0) is 17.7 Å². The molecule has 2 aromatic rings. The molecule has 1 aromatic carbocycles. The lowest BCUT2D eigenvalue weighted by atomic mass is 10.2. The molecule has 0 saturated carbocycles. The number of nitrogen functional groups attached to an aromatic ring is 1. The molecule has 6 heteroatoms. The van der Waals surface area contributed by atoms with Crippen LogP contribution in [-0.4, -0.2) is 17.1 Å². The molecule has 1 heterocycles. The van der Waals surface area contributed by atoms with Crippen LogP contribution in [0.2, 0.25) is 5.02 Å². The fourth-order valence-corrected chi connectivity index (χ4v) is 1.73. The van der Waals surface area contributed by atoms with E-state index in [-0.39, 0.29) is 0 Å². The molecule has 0 amide bonds. The van der Waals surface area contributed by atoms with E-state index in [2.05, 4.69) is 15.3 Å². The van der Waals surface area contributed by atoms with E-state index in [1.54, 1.807) is 0 Å². The molecule has 0 aliphatic carbocycles. The van der Waals surface area contributed by atoms with Gasteiger partial charge in [-0.1, -0.05) is 23.7 Å². The number of nitrogens with one attached hydrogen (secondary N) is 1. The molecule has 2 rings (SSSR count). The Morgan fingerprint density at radius 1 is 1.39 bits per heavy atom. The van der Waals surface area contributed by atoms with Crippen LogP contribution >= 0.6 is 11.6 Å². The molecule has 0 spiro atoms. The summed E-state index contributed by atoms with van der Waals surface area (Å²) in [5, 5.41) is 3.81. The Morgan fingerprint density at radius 2 is 2.22 bits per heavy atom. The Bertz CT molecular complexity index is 547. The molecular formula is C12H13ClN4O. The SMILES string of the molecule is COc1ncnc(NCc2cccc(Cl)c2)c1N. The lowest BCUT2D eigenvalue weighted by Crippen LogP contribution is -2.06. The average Bonchev–Trinajstić information content (AvgIpc) is 2.38. The summed E-state index contributed by atoms with van der Waals surface area (Å²) in [7, 11) is 1.51. The molecule has 3 N–H and O–H groups in total. The standard InChI is InChI=1S/C12H13ClN4O/c1-18-12-10(14)11(16-7-17-12)15-6-8-3-2-4-9(13)5-8/h2-5,7H,6,14H2,1H3,(H,15,16,17). The highest BCUT2D eigenvalue weighted by Crippen LogP contribution is 2.24. The van der Waals surface area contributed by atoms with Crippen molar-refractivity contribution in [3.8, 4) is 5.88 Å². The van der Waals surface area contributed by atoms with Gasteiger partial charge in [-0.25, -0.2) is 4.98 Å². The summed E-state index contributed by atoms with van der Waals surface area (Å²) < 4.78 is 5.02. The molecule has 94 valence electrons. The second-order valence-corrected chi connectivity index (χ2v) is 4.07. The van der Waals surface area contributed by atoms with Crippen LogP contribution in [0.1, 0.15) is 5.56 Å². The van der Waals surface area contributed by atoms with Crippen LogP contribution in [0.5, 0.6) is 5.88 Å². The maximum Gasteiger partial charge on any atom is 0.242 e. The summed E-state index contributed by atoms with van der Waals surface area (Å²) in [4.78, 5) is 7.97. The van der Waals surface area contributed by atoms with Gasteiger partial charge in [-0.2, -0.15) is 4.98 Å². The third kappa shape index (κ3) is 2.81. The van der Waals surface area contributed by atoms with Gasteiger partial charge in [0.25, 0.3) is 0 Å². The third-order valence-electron chi connectivity index (χ3n) is 2.39. The maximum absolute atomic E-state index is 5.91. The van der Waals surface area contributed by atoms with Crippen LogP contribution in [0, 0.1) is 0 Å². The average molecular weight is 265 g/mol.